The lowest BCUT2D eigenvalue weighted by molar-refractivity contribution is 0.452. The molecule has 0 aliphatic heterocycles. The van der Waals surface area contributed by atoms with E-state index in [1.165, 1.54) is 10.7 Å². The number of aryl methyl sites for hydroxylation is 1. The summed E-state index contributed by atoms with van der Waals surface area (Å²) < 4.78 is 6.89. The third-order valence-electron chi connectivity index (χ3n) is 2.07. The molecule has 0 saturated heterocycles. The number of rotatable bonds is 2. The van der Waals surface area contributed by atoms with Gasteiger partial charge in [0, 0.05) is 13.1 Å². The lowest BCUT2D eigenvalue weighted by Gasteiger charge is -2.04. The van der Waals surface area contributed by atoms with Gasteiger partial charge in [0.15, 0.2) is 0 Å². The first-order valence-corrected chi connectivity index (χ1v) is 4.77. The lowest BCUT2D eigenvalue weighted by atomic mass is 10.1. The molecule has 1 aromatic heterocycles. The average molecular weight is 223 g/mol. The van der Waals surface area contributed by atoms with Crippen molar-refractivity contribution in [3.63, 3.8) is 0 Å². The molecule has 0 atom stereocenters. The van der Waals surface area contributed by atoms with E-state index in [1.54, 1.807) is 25.2 Å². The van der Waals surface area contributed by atoms with Crippen LogP contribution in [-0.4, -0.2) is 9.78 Å². The quantitative estimate of drug-likeness (QED) is 0.777. The van der Waals surface area contributed by atoms with Gasteiger partial charge in [0.2, 0.25) is 5.88 Å². The van der Waals surface area contributed by atoms with Gasteiger partial charge in [-0.05, 0) is 18.2 Å². The highest BCUT2D eigenvalue weighted by molar-refractivity contribution is 5.49. The van der Waals surface area contributed by atoms with Crippen LogP contribution in [-0.2, 0) is 7.05 Å². The third-order valence-corrected chi connectivity index (χ3v) is 2.07. The van der Waals surface area contributed by atoms with Gasteiger partial charge in [-0.1, -0.05) is 0 Å². The number of aromatic nitrogens is 2. The van der Waals surface area contributed by atoms with Crippen molar-refractivity contribution in [3.8, 4) is 23.8 Å². The lowest BCUT2D eigenvalue weighted by Crippen LogP contribution is -1.92. The molecule has 1 heterocycles. The maximum absolute atomic E-state index is 8.92. The van der Waals surface area contributed by atoms with Crippen LogP contribution < -0.4 is 4.74 Å². The Bertz CT molecular complexity index is 631. The molecule has 0 bridgehead atoms. The molecule has 1 radical (unpaired) electrons. The van der Waals surface area contributed by atoms with Crippen LogP contribution in [0.5, 0.6) is 11.6 Å². The van der Waals surface area contributed by atoms with Crippen molar-refractivity contribution in [3.05, 3.63) is 41.6 Å². The number of ether oxygens (including phenoxy) is 1. The van der Waals surface area contributed by atoms with Crippen molar-refractivity contribution < 1.29 is 4.74 Å². The van der Waals surface area contributed by atoms with Crippen LogP contribution in [0.1, 0.15) is 11.1 Å². The minimum atomic E-state index is 0.318. The van der Waals surface area contributed by atoms with Crippen LogP contribution in [0.15, 0.2) is 24.3 Å². The average Bonchev–Trinajstić information content (AvgIpc) is 2.74. The van der Waals surface area contributed by atoms with Gasteiger partial charge in [-0.2, -0.15) is 10.5 Å². The first-order valence-electron chi connectivity index (χ1n) is 4.77. The number of nitrogens with zero attached hydrogens (tertiary/aromatic N) is 4. The number of benzene rings is 1. The van der Waals surface area contributed by atoms with Crippen molar-refractivity contribution in [2.45, 2.75) is 0 Å². The van der Waals surface area contributed by atoms with E-state index >= 15 is 0 Å². The highest BCUT2D eigenvalue weighted by atomic mass is 16.5. The predicted octanol–water partition coefficient (Wildman–Crippen LogP) is 1.76. The van der Waals surface area contributed by atoms with Crippen molar-refractivity contribution in [2.75, 3.05) is 0 Å². The Kier molecular flexibility index (Phi) is 2.76. The Morgan fingerprint density at radius 1 is 1.35 bits per heavy atom. The summed E-state index contributed by atoms with van der Waals surface area (Å²) in [4.78, 5) is 0. The molecule has 0 saturated carbocycles. The molecule has 0 spiro atoms. The topological polar surface area (TPSA) is 74.6 Å². The van der Waals surface area contributed by atoms with E-state index in [4.69, 9.17) is 15.3 Å². The molecular weight excluding hydrogens is 216 g/mol. The fourth-order valence-corrected chi connectivity index (χ4v) is 1.29. The summed E-state index contributed by atoms with van der Waals surface area (Å²) in [7, 11) is 1.71. The summed E-state index contributed by atoms with van der Waals surface area (Å²) in [6.45, 7) is 0. The SMILES string of the molecule is Cn1[c]cc(Oc2cc(C#N)ccc2C#N)n1. The molecule has 0 fully saturated rings. The zero-order valence-electron chi connectivity index (χ0n) is 9.01. The molecule has 0 N–H and O–H groups in total. The van der Waals surface area contributed by atoms with Gasteiger partial charge in [-0.15, -0.1) is 5.10 Å². The van der Waals surface area contributed by atoms with E-state index in [0.717, 1.165) is 0 Å². The second-order valence-corrected chi connectivity index (χ2v) is 3.27. The fourth-order valence-electron chi connectivity index (χ4n) is 1.29. The largest absolute Gasteiger partial charge is 0.436 e. The Morgan fingerprint density at radius 3 is 2.76 bits per heavy atom. The molecule has 81 valence electrons. The second kappa shape index (κ2) is 4.38. The van der Waals surface area contributed by atoms with E-state index in [-0.39, 0.29) is 0 Å². The number of hydrogen-bond donors (Lipinski definition) is 0. The molecule has 0 unspecified atom stereocenters. The van der Waals surface area contributed by atoms with Crippen molar-refractivity contribution in [1.82, 2.24) is 9.78 Å². The minimum Gasteiger partial charge on any atom is -0.436 e. The molecule has 2 rings (SSSR count). The van der Waals surface area contributed by atoms with Crippen molar-refractivity contribution in [1.29, 1.82) is 10.5 Å². The maximum Gasteiger partial charge on any atom is 0.238 e. The Morgan fingerprint density at radius 2 is 2.18 bits per heavy atom. The predicted molar refractivity (Wildman–Crippen MR) is 58.0 cm³/mol. The second-order valence-electron chi connectivity index (χ2n) is 3.27. The molecule has 1 aromatic carbocycles. The monoisotopic (exact) mass is 223 g/mol. The Balaban J connectivity index is 2.38. The van der Waals surface area contributed by atoms with Crippen LogP contribution in [0, 0.1) is 28.9 Å². The van der Waals surface area contributed by atoms with Crippen molar-refractivity contribution in [2.24, 2.45) is 7.05 Å². The van der Waals surface area contributed by atoms with Gasteiger partial charge in [-0.25, -0.2) is 0 Å². The summed E-state index contributed by atoms with van der Waals surface area (Å²) in [6.07, 6.45) is 2.79. The van der Waals surface area contributed by atoms with Gasteiger partial charge >= 0.3 is 0 Å². The molecule has 17 heavy (non-hydrogen) atoms. The molecule has 0 aliphatic rings. The molecule has 2 aromatic rings. The van der Waals surface area contributed by atoms with Crippen LogP contribution in [0.4, 0.5) is 0 Å². The zero-order valence-corrected chi connectivity index (χ0v) is 9.01. The summed E-state index contributed by atoms with van der Waals surface area (Å²) in [5.74, 6) is 0.651. The minimum absolute atomic E-state index is 0.318. The standard InChI is InChI=1S/C12H7N4O/c1-16-5-4-12(15-16)17-11-6-9(7-13)2-3-10(11)8-14/h2-4,6H,1H3. The van der Waals surface area contributed by atoms with Crippen LogP contribution in [0.25, 0.3) is 0 Å². The fraction of sp³-hybridized carbons (Fsp3) is 0.0833. The normalized spacial score (nSPS) is 9.35. The zero-order chi connectivity index (χ0) is 12.3. The number of nitriles is 2. The summed E-state index contributed by atoms with van der Waals surface area (Å²) >= 11 is 0. The summed E-state index contributed by atoms with van der Waals surface area (Å²) in [5, 5.41) is 21.7. The molecule has 5 heteroatoms. The maximum atomic E-state index is 8.92. The highest BCUT2D eigenvalue weighted by Gasteiger charge is 2.07. The van der Waals surface area contributed by atoms with E-state index in [2.05, 4.69) is 11.3 Å². The van der Waals surface area contributed by atoms with Gasteiger partial charge in [-0.3, -0.25) is 4.68 Å². The molecule has 5 nitrogen and oxygen atoms in total. The van der Waals surface area contributed by atoms with Crippen LogP contribution in [0.2, 0.25) is 0 Å². The third kappa shape index (κ3) is 2.24. The van der Waals surface area contributed by atoms with E-state index < -0.39 is 0 Å². The first-order chi connectivity index (χ1) is 8.22. The number of hydrogen-bond acceptors (Lipinski definition) is 4. The Labute approximate surface area is 98.1 Å². The van der Waals surface area contributed by atoms with Gasteiger partial charge < -0.3 is 4.74 Å². The van der Waals surface area contributed by atoms with Gasteiger partial charge in [0.25, 0.3) is 0 Å². The van der Waals surface area contributed by atoms with Gasteiger partial charge in [0.05, 0.1) is 23.4 Å². The van der Waals surface area contributed by atoms with E-state index in [0.29, 0.717) is 22.8 Å². The van der Waals surface area contributed by atoms with E-state index in [1.807, 2.05) is 12.1 Å². The first kappa shape index (κ1) is 10.7. The van der Waals surface area contributed by atoms with Gasteiger partial charge in [0.1, 0.15) is 11.8 Å². The molecular formula is C12H7N4O. The molecule has 0 aliphatic carbocycles. The Hall–Kier alpha value is -2.79. The van der Waals surface area contributed by atoms with E-state index in [9.17, 15) is 0 Å². The summed E-state index contributed by atoms with van der Waals surface area (Å²) in [6, 6.07) is 10.2. The highest BCUT2D eigenvalue weighted by Crippen LogP contribution is 2.24. The van der Waals surface area contributed by atoms with Crippen LogP contribution in [0.3, 0.4) is 0 Å². The smallest absolute Gasteiger partial charge is 0.238 e. The summed E-state index contributed by atoms with van der Waals surface area (Å²) in [5.41, 5.74) is 0.786. The molecule has 0 amide bonds. The van der Waals surface area contributed by atoms with Crippen molar-refractivity contribution >= 4 is 0 Å². The van der Waals surface area contributed by atoms with Crippen LogP contribution >= 0.6 is 0 Å².